The zero-order chi connectivity index (χ0) is 13.3. The van der Waals surface area contributed by atoms with Crippen LogP contribution in [0.15, 0.2) is 18.2 Å². The first-order valence-corrected chi connectivity index (χ1v) is 7.38. The fraction of sp³-hybridized carbons (Fsp3) is 0.600. The van der Waals surface area contributed by atoms with E-state index in [2.05, 4.69) is 4.90 Å². The van der Waals surface area contributed by atoms with E-state index in [-0.39, 0.29) is 0 Å². The van der Waals surface area contributed by atoms with E-state index in [1.807, 2.05) is 18.2 Å². The summed E-state index contributed by atoms with van der Waals surface area (Å²) in [4.78, 5) is 2.59. The molecular weight excluding hydrogens is 236 g/mol. The van der Waals surface area contributed by atoms with Crippen molar-refractivity contribution < 1.29 is 4.48 Å². The van der Waals surface area contributed by atoms with E-state index >= 15 is 0 Å². The lowest BCUT2D eigenvalue weighted by atomic mass is 10.0. The van der Waals surface area contributed by atoms with Gasteiger partial charge < -0.3 is 16.0 Å². The molecule has 3 fully saturated rings. The van der Waals surface area contributed by atoms with Crippen LogP contribution in [0.3, 0.4) is 0 Å². The highest BCUT2D eigenvalue weighted by molar-refractivity contribution is 5.55. The molecule has 3 aliphatic rings. The molecule has 1 aromatic rings. The number of hydrogen-bond donors (Lipinski definition) is 2. The van der Waals surface area contributed by atoms with Crippen LogP contribution in [0.25, 0.3) is 0 Å². The molecule has 4 rings (SSSR count). The van der Waals surface area contributed by atoms with Gasteiger partial charge in [0.2, 0.25) is 0 Å². The minimum Gasteiger partial charge on any atom is -0.399 e. The summed E-state index contributed by atoms with van der Waals surface area (Å²) in [6.45, 7) is 9.19. The number of aryl methyl sites for hydroxylation is 1. The summed E-state index contributed by atoms with van der Waals surface area (Å²) in [7, 11) is 0. The Morgan fingerprint density at radius 2 is 1.74 bits per heavy atom. The van der Waals surface area contributed by atoms with Gasteiger partial charge in [-0.1, -0.05) is 0 Å². The first-order valence-electron chi connectivity index (χ1n) is 7.38. The van der Waals surface area contributed by atoms with Gasteiger partial charge in [0.15, 0.2) is 0 Å². The molecule has 2 bridgehead atoms. The number of anilines is 2. The summed E-state index contributed by atoms with van der Waals surface area (Å²) in [6, 6.07) is 5.84. The van der Waals surface area contributed by atoms with Crippen molar-refractivity contribution in [2.24, 2.45) is 0 Å². The Balaban J connectivity index is 1.56. The van der Waals surface area contributed by atoms with E-state index in [0.717, 1.165) is 17.8 Å². The van der Waals surface area contributed by atoms with E-state index in [0.29, 0.717) is 0 Å². The van der Waals surface area contributed by atoms with Crippen LogP contribution in [0.2, 0.25) is 0 Å². The molecule has 3 heterocycles. The standard InChI is InChI=1S/C15H25N4/c16-14-3-4-15(17)13(12-14)2-1-8-19-9-5-18(6-10-19)7-11-19/h3-4,12H,1-2,5-11,16-17H2/q+1. The van der Waals surface area contributed by atoms with Crippen LogP contribution < -0.4 is 11.5 Å². The van der Waals surface area contributed by atoms with Crippen LogP contribution in [-0.4, -0.2) is 55.2 Å². The third kappa shape index (κ3) is 2.69. The molecular formula is C15H25N4+. The number of piperazine rings is 3. The van der Waals surface area contributed by atoms with Crippen LogP contribution >= 0.6 is 0 Å². The molecule has 0 radical (unpaired) electrons. The Kier molecular flexibility index (Phi) is 3.37. The van der Waals surface area contributed by atoms with Crippen LogP contribution in [0.1, 0.15) is 12.0 Å². The first-order chi connectivity index (χ1) is 9.17. The van der Waals surface area contributed by atoms with E-state index in [1.165, 1.54) is 62.3 Å². The molecule has 4 heteroatoms. The molecule has 4 nitrogen and oxygen atoms in total. The van der Waals surface area contributed by atoms with E-state index < -0.39 is 0 Å². The Labute approximate surface area is 115 Å². The minimum absolute atomic E-state index is 0.822. The minimum atomic E-state index is 0.822. The molecule has 0 spiro atoms. The maximum absolute atomic E-state index is 6.01. The fourth-order valence-corrected chi connectivity index (χ4v) is 3.51. The van der Waals surface area contributed by atoms with Crippen molar-refractivity contribution in [2.75, 3.05) is 57.3 Å². The molecule has 0 amide bonds. The fourth-order valence-electron chi connectivity index (χ4n) is 3.51. The van der Waals surface area contributed by atoms with Gasteiger partial charge in [-0.15, -0.1) is 0 Å². The van der Waals surface area contributed by atoms with Crippen molar-refractivity contribution in [3.05, 3.63) is 23.8 Å². The quantitative estimate of drug-likeness (QED) is 0.626. The number of hydrogen-bond acceptors (Lipinski definition) is 3. The molecule has 0 unspecified atom stereocenters. The summed E-state index contributed by atoms with van der Waals surface area (Å²) in [6.07, 6.45) is 2.27. The highest BCUT2D eigenvalue weighted by Crippen LogP contribution is 2.22. The summed E-state index contributed by atoms with van der Waals surface area (Å²) in [5.41, 5.74) is 14.8. The summed E-state index contributed by atoms with van der Waals surface area (Å²) in [5.74, 6) is 0. The van der Waals surface area contributed by atoms with Crippen LogP contribution in [0.5, 0.6) is 0 Å². The number of benzene rings is 1. The number of rotatable bonds is 4. The normalized spacial score (nSPS) is 29.6. The van der Waals surface area contributed by atoms with Gasteiger partial charge in [-0.05, 0) is 30.2 Å². The third-order valence-corrected chi connectivity index (χ3v) is 4.92. The topological polar surface area (TPSA) is 55.3 Å². The zero-order valence-electron chi connectivity index (χ0n) is 11.6. The van der Waals surface area contributed by atoms with Gasteiger partial charge in [0, 0.05) is 37.4 Å². The lowest BCUT2D eigenvalue weighted by Crippen LogP contribution is -2.67. The predicted octanol–water partition coefficient (Wildman–Crippen LogP) is 0.930. The van der Waals surface area contributed by atoms with E-state index in [9.17, 15) is 0 Å². The molecule has 0 saturated carbocycles. The SMILES string of the molecule is Nc1ccc(N)c(CCC[N+]23CCN(CC2)CC3)c1. The van der Waals surface area contributed by atoms with E-state index in [1.54, 1.807) is 0 Å². The summed E-state index contributed by atoms with van der Waals surface area (Å²) >= 11 is 0. The number of nitrogens with two attached hydrogens (primary N) is 2. The Morgan fingerprint density at radius 1 is 1.05 bits per heavy atom. The maximum Gasteiger partial charge on any atom is 0.0916 e. The Bertz CT molecular complexity index is 436. The van der Waals surface area contributed by atoms with Gasteiger partial charge in [0.1, 0.15) is 0 Å². The molecule has 3 aliphatic heterocycles. The Morgan fingerprint density at radius 3 is 2.42 bits per heavy atom. The van der Waals surface area contributed by atoms with Crippen molar-refractivity contribution in [1.82, 2.24) is 4.90 Å². The second-order valence-electron chi connectivity index (χ2n) is 6.14. The second kappa shape index (κ2) is 5.02. The lowest BCUT2D eigenvalue weighted by Gasteiger charge is -2.50. The van der Waals surface area contributed by atoms with Gasteiger partial charge >= 0.3 is 0 Å². The molecule has 4 N–H and O–H groups in total. The van der Waals surface area contributed by atoms with Crippen LogP contribution in [0.4, 0.5) is 11.4 Å². The van der Waals surface area contributed by atoms with Crippen molar-refractivity contribution in [1.29, 1.82) is 0 Å². The molecule has 0 aromatic heterocycles. The average Bonchev–Trinajstić information content (AvgIpc) is 2.44. The summed E-state index contributed by atoms with van der Waals surface area (Å²) in [5, 5.41) is 0. The first kappa shape index (κ1) is 12.8. The van der Waals surface area contributed by atoms with Gasteiger partial charge in [-0.3, -0.25) is 4.90 Å². The number of nitrogen functional groups attached to an aromatic ring is 2. The predicted molar refractivity (Wildman–Crippen MR) is 79.8 cm³/mol. The monoisotopic (exact) mass is 261 g/mol. The number of nitrogens with zero attached hydrogens (tertiary/aromatic N) is 2. The maximum atomic E-state index is 6.01. The molecule has 104 valence electrons. The largest absolute Gasteiger partial charge is 0.399 e. The molecule has 3 saturated heterocycles. The van der Waals surface area contributed by atoms with Crippen molar-refractivity contribution in [2.45, 2.75) is 12.8 Å². The number of quaternary nitrogens is 1. The zero-order valence-corrected chi connectivity index (χ0v) is 11.6. The molecule has 0 atom stereocenters. The van der Waals surface area contributed by atoms with Gasteiger partial charge in [-0.2, -0.15) is 0 Å². The van der Waals surface area contributed by atoms with Crippen LogP contribution in [-0.2, 0) is 6.42 Å². The van der Waals surface area contributed by atoms with Crippen molar-refractivity contribution in [3.63, 3.8) is 0 Å². The average molecular weight is 261 g/mol. The van der Waals surface area contributed by atoms with Gasteiger partial charge in [-0.25, -0.2) is 0 Å². The molecule has 1 aromatic carbocycles. The second-order valence-corrected chi connectivity index (χ2v) is 6.14. The van der Waals surface area contributed by atoms with Crippen molar-refractivity contribution >= 4 is 11.4 Å². The highest BCUT2D eigenvalue weighted by Gasteiger charge is 2.37. The molecule has 0 aliphatic carbocycles. The van der Waals surface area contributed by atoms with Crippen molar-refractivity contribution in [3.8, 4) is 0 Å². The van der Waals surface area contributed by atoms with Gasteiger partial charge in [0.05, 0.1) is 26.2 Å². The number of fused-ring (bicyclic) bond motifs is 3. The van der Waals surface area contributed by atoms with Gasteiger partial charge in [0.25, 0.3) is 0 Å². The highest BCUT2D eigenvalue weighted by atomic mass is 15.4. The smallest absolute Gasteiger partial charge is 0.0916 e. The third-order valence-electron chi connectivity index (χ3n) is 4.92. The van der Waals surface area contributed by atoms with Crippen LogP contribution in [0, 0.1) is 0 Å². The Hall–Kier alpha value is -1.26. The summed E-state index contributed by atoms with van der Waals surface area (Å²) < 4.78 is 1.33. The molecule has 19 heavy (non-hydrogen) atoms. The lowest BCUT2D eigenvalue weighted by molar-refractivity contribution is -0.941. The van der Waals surface area contributed by atoms with E-state index in [4.69, 9.17) is 11.5 Å².